The van der Waals surface area contributed by atoms with Crippen molar-refractivity contribution < 1.29 is 5.11 Å². The van der Waals surface area contributed by atoms with E-state index in [9.17, 15) is 5.11 Å². The second kappa shape index (κ2) is 5.65. The lowest BCUT2D eigenvalue weighted by atomic mass is 9.69. The Hall–Kier alpha value is -1.16. The fraction of sp³-hybridized carbons (Fsp3) is 0.714. The van der Waals surface area contributed by atoms with Crippen LogP contribution in [0.25, 0.3) is 0 Å². The van der Waals surface area contributed by atoms with Gasteiger partial charge in [-0.15, -0.1) is 0 Å². The van der Waals surface area contributed by atoms with Gasteiger partial charge in [0.05, 0.1) is 6.61 Å². The van der Waals surface area contributed by atoms with Crippen molar-refractivity contribution in [3.63, 3.8) is 0 Å². The van der Waals surface area contributed by atoms with Crippen LogP contribution in [0.15, 0.2) is 12.4 Å². The van der Waals surface area contributed by atoms with Gasteiger partial charge in [0.1, 0.15) is 0 Å². The summed E-state index contributed by atoms with van der Waals surface area (Å²) in [6.45, 7) is 3.27. The standard InChI is InChI=1S/C14H23N3O/c1-3-5-12-8-15-13(16-9-12)17(2)10-14(11-18)6-4-7-14/h8-9,18H,3-7,10-11H2,1-2H3. The molecule has 1 aliphatic carbocycles. The molecule has 0 spiro atoms. The van der Waals surface area contributed by atoms with Gasteiger partial charge >= 0.3 is 0 Å². The van der Waals surface area contributed by atoms with Gasteiger partial charge in [-0.05, 0) is 24.8 Å². The zero-order chi connectivity index (χ0) is 13.0. The van der Waals surface area contributed by atoms with Gasteiger partial charge < -0.3 is 10.0 Å². The van der Waals surface area contributed by atoms with Crippen LogP contribution >= 0.6 is 0 Å². The van der Waals surface area contributed by atoms with E-state index in [1.54, 1.807) is 0 Å². The number of rotatable bonds is 6. The molecule has 0 saturated heterocycles. The molecule has 0 radical (unpaired) electrons. The van der Waals surface area contributed by atoms with Gasteiger partial charge in [0.25, 0.3) is 0 Å². The number of aliphatic hydroxyl groups excluding tert-OH is 1. The Morgan fingerprint density at radius 2 is 2.00 bits per heavy atom. The Morgan fingerprint density at radius 3 is 2.44 bits per heavy atom. The van der Waals surface area contributed by atoms with Crippen molar-refractivity contribution >= 4 is 5.95 Å². The lowest BCUT2D eigenvalue weighted by molar-refractivity contribution is 0.0521. The summed E-state index contributed by atoms with van der Waals surface area (Å²) in [7, 11) is 2.00. The second-order valence-corrected chi connectivity index (χ2v) is 5.51. The maximum atomic E-state index is 9.48. The first kappa shape index (κ1) is 13.3. The highest BCUT2D eigenvalue weighted by atomic mass is 16.3. The lowest BCUT2D eigenvalue weighted by Crippen LogP contribution is -2.44. The van der Waals surface area contributed by atoms with Crippen LogP contribution in [0.1, 0.15) is 38.2 Å². The van der Waals surface area contributed by atoms with Gasteiger partial charge in [-0.3, -0.25) is 0 Å². The van der Waals surface area contributed by atoms with Crippen LogP contribution in [0, 0.1) is 5.41 Å². The van der Waals surface area contributed by atoms with Crippen molar-refractivity contribution in [1.82, 2.24) is 9.97 Å². The van der Waals surface area contributed by atoms with Gasteiger partial charge in [-0.1, -0.05) is 19.8 Å². The van der Waals surface area contributed by atoms with Crippen LogP contribution in [0.2, 0.25) is 0 Å². The summed E-state index contributed by atoms with van der Waals surface area (Å²) in [6, 6.07) is 0. The molecular formula is C14H23N3O. The molecule has 1 aliphatic rings. The molecule has 4 nitrogen and oxygen atoms in total. The summed E-state index contributed by atoms with van der Waals surface area (Å²) < 4.78 is 0. The smallest absolute Gasteiger partial charge is 0.225 e. The van der Waals surface area contributed by atoms with Gasteiger partial charge in [-0.2, -0.15) is 0 Å². The van der Waals surface area contributed by atoms with Gasteiger partial charge in [-0.25, -0.2) is 9.97 Å². The van der Waals surface area contributed by atoms with E-state index in [0.717, 1.165) is 38.2 Å². The van der Waals surface area contributed by atoms with E-state index in [2.05, 4.69) is 21.8 Å². The Balaban J connectivity index is 1.97. The normalized spacial score (nSPS) is 17.3. The molecule has 0 amide bonds. The zero-order valence-corrected chi connectivity index (χ0v) is 11.4. The molecule has 0 bridgehead atoms. The predicted molar refractivity (Wildman–Crippen MR) is 72.7 cm³/mol. The molecule has 1 fully saturated rings. The maximum absolute atomic E-state index is 9.48. The Morgan fingerprint density at radius 1 is 1.33 bits per heavy atom. The zero-order valence-electron chi connectivity index (χ0n) is 11.4. The summed E-state index contributed by atoms with van der Waals surface area (Å²) in [6.07, 6.45) is 9.43. The van der Waals surface area contributed by atoms with E-state index >= 15 is 0 Å². The first-order valence-corrected chi connectivity index (χ1v) is 6.82. The number of aryl methyl sites for hydroxylation is 1. The number of aliphatic hydroxyl groups is 1. The van der Waals surface area contributed by atoms with Crippen LogP contribution in [-0.2, 0) is 6.42 Å². The second-order valence-electron chi connectivity index (χ2n) is 5.51. The Labute approximate surface area is 109 Å². The van der Waals surface area contributed by atoms with Crippen LogP contribution in [0.3, 0.4) is 0 Å². The van der Waals surface area contributed by atoms with E-state index < -0.39 is 0 Å². The third kappa shape index (κ3) is 2.80. The molecule has 0 atom stereocenters. The van der Waals surface area contributed by atoms with E-state index in [-0.39, 0.29) is 12.0 Å². The molecule has 1 saturated carbocycles. The van der Waals surface area contributed by atoms with E-state index in [1.807, 2.05) is 19.4 Å². The summed E-state index contributed by atoms with van der Waals surface area (Å²) in [5, 5.41) is 9.48. The Bertz CT molecular complexity index is 368. The average Bonchev–Trinajstić information content (AvgIpc) is 2.35. The molecule has 0 aliphatic heterocycles. The van der Waals surface area contributed by atoms with Crippen molar-refractivity contribution in [2.45, 2.75) is 39.0 Å². The number of hydrogen-bond donors (Lipinski definition) is 1. The minimum Gasteiger partial charge on any atom is -0.396 e. The molecule has 1 heterocycles. The van der Waals surface area contributed by atoms with Crippen molar-refractivity contribution in [3.05, 3.63) is 18.0 Å². The number of aromatic nitrogens is 2. The summed E-state index contributed by atoms with van der Waals surface area (Å²) in [4.78, 5) is 10.9. The van der Waals surface area contributed by atoms with E-state index in [1.165, 1.54) is 12.0 Å². The van der Waals surface area contributed by atoms with Crippen LogP contribution < -0.4 is 4.90 Å². The molecule has 2 rings (SSSR count). The first-order chi connectivity index (χ1) is 8.69. The number of nitrogens with zero attached hydrogens (tertiary/aromatic N) is 3. The number of anilines is 1. The summed E-state index contributed by atoms with van der Waals surface area (Å²) >= 11 is 0. The average molecular weight is 249 g/mol. The van der Waals surface area contributed by atoms with Crippen molar-refractivity contribution in [2.24, 2.45) is 5.41 Å². The molecule has 100 valence electrons. The van der Waals surface area contributed by atoms with Gasteiger partial charge in [0.15, 0.2) is 0 Å². The third-order valence-electron chi connectivity index (χ3n) is 3.89. The molecular weight excluding hydrogens is 226 g/mol. The topological polar surface area (TPSA) is 49.2 Å². The highest BCUT2D eigenvalue weighted by molar-refractivity contribution is 5.29. The molecule has 4 heteroatoms. The van der Waals surface area contributed by atoms with Crippen LogP contribution in [0.5, 0.6) is 0 Å². The van der Waals surface area contributed by atoms with Crippen LogP contribution in [-0.4, -0.2) is 35.3 Å². The lowest BCUT2D eigenvalue weighted by Gasteiger charge is -2.42. The van der Waals surface area contributed by atoms with Crippen molar-refractivity contribution in [3.8, 4) is 0 Å². The Kier molecular flexibility index (Phi) is 4.17. The molecule has 1 N–H and O–H groups in total. The van der Waals surface area contributed by atoms with Gasteiger partial charge in [0, 0.05) is 31.4 Å². The molecule has 1 aromatic heterocycles. The number of hydrogen-bond acceptors (Lipinski definition) is 4. The predicted octanol–water partition coefficient (Wildman–Crippen LogP) is 2.03. The van der Waals surface area contributed by atoms with Crippen molar-refractivity contribution in [2.75, 3.05) is 25.1 Å². The van der Waals surface area contributed by atoms with Gasteiger partial charge in [0.2, 0.25) is 5.95 Å². The fourth-order valence-corrected chi connectivity index (χ4v) is 2.58. The van der Waals surface area contributed by atoms with Crippen molar-refractivity contribution in [1.29, 1.82) is 0 Å². The van der Waals surface area contributed by atoms with E-state index in [0.29, 0.717) is 0 Å². The fourth-order valence-electron chi connectivity index (χ4n) is 2.58. The third-order valence-corrected chi connectivity index (χ3v) is 3.89. The monoisotopic (exact) mass is 249 g/mol. The van der Waals surface area contributed by atoms with Crippen LogP contribution in [0.4, 0.5) is 5.95 Å². The summed E-state index contributed by atoms with van der Waals surface area (Å²) in [5.74, 6) is 0.759. The molecule has 18 heavy (non-hydrogen) atoms. The minimum atomic E-state index is 0.0835. The SMILES string of the molecule is CCCc1cnc(N(C)CC2(CO)CCC2)nc1. The highest BCUT2D eigenvalue weighted by Crippen LogP contribution is 2.41. The first-order valence-electron chi connectivity index (χ1n) is 6.82. The molecule has 0 aromatic carbocycles. The molecule has 0 unspecified atom stereocenters. The summed E-state index contributed by atoms with van der Waals surface area (Å²) in [5.41, 5.74) is 1.27. The largest absolute Gasteiger partial charge is 0.396 e. The van der Waals surface area contributed by atoms with E-state index in [4.69, 9.17) is 0 Å². The quantitative estimate of drug-likeness (QED) is 0.838. The minimum absolute atomic E-state index is 0.0835. The highest BCUT2D eigenvalue weighted by Gasteiger charge is 2.37. The maximum Gasteiger partial charge on any atom is 0.225 e. The molecule has 1 aromatic rings.